The third-order valence-corrected chi connectivity index (χ3v) is 2.92. The van der Waals surface area contributed by atoms with E-state index in [1.165, 1.54) is 6.26 Å². The lowest BCUT2D eigenvalue weighted by atomic mass is 10.1. The molecule has 0 spiro atoms. The van der Waals surface area contributed by atoms with Crippen LogP contribution in [-0.4, -0.2) is 17.0 Å². The van der Waals surface area contributed by atoms with Gasteiger partial charge in [-0.15, -0.1) is 0 Å². The van der Waals surface area contributed by atoms with Crippen LogP contribution in [0.15, 0.2) is 52.2 Å². The molecule has 1 aromatic carbocycles. The number of hydrogen-bond acceptors (Lipinski definition) is 4. The zero-order valence-electron chi connectivity index (χ0n) is 10.9. The molecule has 1 unspecified atom stereocenters. The van der Waals surface area contributed by atoms with Crippen LogP contribution in [0.1, 0.15) is 27.7 Å². The molecule has 4 N–H and O–H groups in total. The lowest BCUT2D eigenvalue weighted by Crippen LogP contribution is -2.37. The third kappa shape index (κ3) is 2.80. The highest BCUT2D eigenvalue weighted by Gasteiger charge is 2.21. The molecule has 20 heavy (non-hydrogen) atoms. The molecule has 0 radical (unpaired) electrons. The number of carbonyl (C=O) groups is 1. The molecule has 0 bridgehead atoms. The van der Waals surface area contributed by atoms with Crippen molar-refractivity contribution in [2.75, 3.05) is 0 Å². The van der Waals surface area contributed by atoms with E-state index in [2.05, 4.69) is 10.5 Å². The number of carbonyl (C=O) groups excluding carboxylic acids is 1. The molecular formula is C14H15N3O3. The minimum Gasteiger partial charge on any atom is -0.469 e. The lowest BCUT2D eigenvalue weighted by molar-refractivity contribution is 0.0944. The highest BCUT2D eigenvalue weighted by atomic mass is 16.4. The molecule has 6 nitrogen and oxygen atoms in total. The first-order valence-corrected chi connectivity index (χ1v) is 6.00. The van der Waals surface area contributed by atoms with E-state index >= 15 is 0 Å². The van der Waals surface area contributed by atoms with Gasteiger partial charge in [0.2, 0.25) is 0 Å². The number of oxime groups is 1. The number of nitrogens with one attached hydrogen (secondary N) is 1. The number of amides is 1. The topological polar surface area (TPSA) is 101 Å². The fourth-order valence-electron chi connectivity index (χ4n) is 1.86. The zero-order valence-corrected chi connectivity index (χ0v) is 10.9. The molecule has 0 saturated heterocycles. The summed E-state index contributed by atoms with van der Waals surface area (Å²) in [6.07, 6.45) is 1.44. The molecule has 1 atom stereocenters. The number of nitrogens with zero attached hydrogens (tertiary/aromatic N) is 1. The van der Waals surface area contributed by atoms with Gasteiger partial charge < -0.3 is 20.7 Å². The Labute approximate surface area is 115 Å². The fraction of sp³-hybridized carbons (Fsp3) is 0.143. The first-order valence-electron chi connectivity index (χ1n) is 6.00. The number of nitrogens with two attached hydrogens (primary N) is 1. The van der Waals surface area contributed by atoms with E-state index in [0.29, 0.717) is 11.3 Å². The van der Waals surface area contributed by atoms with Gasteiger partial charge in [-0.3, -0.25) is 4.79 Å². The summed E-state index contributed by atoms with van der Waals surface area (Å²) in [4.78, 5) is 12.2. The Morgan fingerprint density at radius 2 is 2.05 bits per heavy atom. The summed E-state index contributed by atoms with van der Waals surface area (Å²) in [6, 6.07) is 9.89. The van der Waals surface area contributed by atoms with Gasteiger partial charge in [0.05, 0.1) is 11.8 Å². The molecule has 1 aromatic heterocycles. The molecule has 2 rings (SSSR count). The van der Waals surface area contributed by atoms with Crippen molar-refractivity contribution in [2.24, 2.45) is 10.9 Å². The van der Waals surface area contributed by atoms with E-state index in [9.17, 15) is 4.79 Å². The number of benzene rings is 1. The van der Waals surface area contributed by atoms with Gasteiger partial charge in [-0.05, 0) is 18.6 Å². The van der Waals surface area contributed by atoms with Gasteiger partial charge in [0.15, 0.2) is 5.84 Å². The number of amidine groups is 1. The summed E-state index contributed by atoms with van der Waals surface area (Å²) in [5, 5.41) is 14.5. The smallest absolute Gasteiger partial charge is 0.255 e. The van der Waals surface area contributed by atoms with Crippen LogP contribution < -0.4 is 11.1 Å². The van der Waals surface area contributed by atoms with Gasteiger partial charge >= 0.3 is 0 Å². The molecule has 6 heteroatoms. The highest BCUT2D eigenvalue weighted by molar-refractivity contribution is 5.99. The minimum absolute atomic E-state index is 0.0919. The SMILES string of the molecule is Cc1occc1C(=O)NC(/C(N)=N/O)c1ccccc1. The molecule has 0 saturated carbocycles. The van der Waals surface area contributed by atoms with Crippen LogP contribution in [0.25, 0.3) is 0 Å². The summed E-state index contributed by atoms with van der Waals surface area (Å²) in [6.45, 7) is 1.69. The predicted molar refractivity (Wildman–Crippen MR) is 73.5 cm³/mol. The van der Waals surface area contributed by atoms with Crippen LogP contribution in [0.3, 0.4) is 0 Å². The second-order valence-corrected chi connectivity index (χ2v) is 4.23. The van der Waals surface area contributed by atoms with Crippen LogP contribution in [0.4, 0.5) is 0 Å². The Morgan fingerprint density at radius 3 is 2.60 bits per heavy atom. The summed E-state index contributed by atoms with van der Waals surface area (Å²) in [5.41, 5.74) is 6.78. The van der Waals surface area contributed by atoms with Gasteiger partial charge in [0, 0.05) is 0 Å². The van der Waals surface area contributed by atoms with Crippen LogP contribution in [-0.2, 0) is 0 Å². The highest BCUT2D eigenvalue weighted by Crippen LogP contribution is 2.15. The monoisotopic (exact) mass is 273 g/mol. The number of rotatable bonds is 4. The molecular weight excluding hydrogens is 258 g/mol. The molecule has 2 aromatic rings. The maximum Gasteiger partial charge on any atom is 0.255 e. The lowest BCUT2D eigenvalue weighted by Gasteiger charge is -2.17. The molecule has 0 fully saturated rings. The number of aryl methyl sites for hydroxylation is 1. The maximum absolute atomic E-state index is 12.2. The molecule has 0 aliphatic carbocycles. The summed E-state index contributed by atoms with van der Waals surface area (Å²) in [5.74, 6) is 0.0659. The fourth-order valence-corrected chi connectivity index (χ4v) is 1.86. The van der Waals surface area contributed by atoms with Crippen molar-refractivity contribution in [3.05, 3.63) is 59.5 Å². The van der Waals surface area contributed by atoms with Crippen LogP contribution >= 0.6 is 0 Å². The molecule has 0 aliphatic heterocycles. The van der Waals surface area contributed by atoms with Crippen LogP contribution in [0, 0.1) is 6.92 Å². The average Bonchev–Trinajstić information content (AvgIpc) is 2.91. The maximum atomic E-state index is 12.2. The van der Waals surface area contributed by atoms with Gasteiger partial charge in [-0.1, -0.05) is 35.5 Å². The molecule has 1 heterocycles. The van der Waals surface area contributed by atoms with Crippen molar-refractivity contribution in [3.8, 4) is 0 Å². The Bertz CT molecular complexity index is 620. The van der Waals surface area contributed by atoms with E-state index in [1.807, 2.05) is 18.2 Å². The first kappa shape index (κ1) is 13.7. The van der Waals surface area contributed by atoms with Crippen molar-refractivity contribution in [3.63, 3.8) is 0 Å². The summed E-state index contributed by atoms with van der Waals surface area (Å²) < 4.78 is 5.09. The zero-order chi connectivity index (χ0) is 14.5. The van der Waals surface area contributed by atoms with E-state index < -0.39 is 6.04 Å². The predicted octanol–water partition coefficient (Wildman–Crippen LogP) is 1.81. The van der Waals surface area contributed by atoms with Crippen molar-refractivity contribution in [2.45, 2.75) is 13.0 Å². The quantitative estimate of drug-likeness (QED) is 0.342. The van der Waals surface area contributed by atoms with Crippen molar-refractivity contribution in [1.82, 2.24) is 5.32 Å². The minimum atomic E-state index is -0.706. The van der Waals surface area contributed by atoms with Crippen LogP contribution in [0.5, 0.6) is 0 Å². The van der Waals surface area contributed by atoms with Gasteiger partial charge in [0.1, 0.15) is 11.8 Å². The summed E-state index contributed by atoms with van der Waals surface area (Å²) >= 11 is 0. The Kier molecular flexibility index (Phi) is 4.05. The third-order valence-electron chi connectivity index (χ3n) is 2.92. The Hall–Kier alpha value is -2.76. The van der Waals surface area contributed by atoms with Gasteiger partial charge in [0.25, 0.3) is 5.91 Å². The van der Waals surface area contributed by atoms with E-state index in [0.717, 1.165) is 5.56 Å². The number of furan rings is 1. The van der Waals surface area contributed by atoms with Gasteiger partial charge in [-0.2, -0.15) is 0 Å². The first-order chi connectivity index (χ1) is 9.63. The number of hydrogen-bond donors (Lipinski definition) is 3. The van der Waals surface area contributed by atoms with Crippen LogP contribution in [0.2, 0.25) is 0 Å². The largest absolute Gasteiger partial charge is 0.469 e. The second-order valence-electron chi connectivity index (χ2n) is 4.23. The van der Waals surface area contributed by atoms with Crippen molar-refractivity contribution < 1.29 is 14.4 Å². The van der Waals surface area contributed by atoms with E-state index in [-0.39, 0.29) is 11.7 Å². The summed E-state index contributed by atoms with van der Waals surface area (Å²) in [7, 11) is 0. The molecule has 0 aliphatic rings. The van der Waals surface area contributed by atoms with E-state index in [4.69, 9.17) is 15.4 Å². The average molecular weight is 273 g/mol. The second kappa shape index (κ2) is 5.92. The van der Waals surface area contributed by atoms with Crippen molar-refractivity contribution >= 4 is 11.7 Å². The Balaban J connectivity index is 2.26. The molecule has 104 valence electrons. The van der Waals surface area contributed by atoms with E-state index in [1.54, 1.807) is 25.1 Å². The van der Waals surface area contributed by atoms with Gasteiger partial charge in [-0.25, -0.2) is 0 Å². The molecule has 1 amide bonds. The standard InChI is InChI=1S/C14H15N3O3/c1-9-11(7-8-20-9)14(18)16-12(13(15)17-19)10-5-3-2-4-6-10/h2-8,12,19H,1H3,(H2,15,17)(H,16,18). The normalized spacial score (nSPS) is 12.9. The Morgan fingerprint density at radius 1 is 1.35 bits per heavy atom. The van der Waals surface area contributed by atoms with Crippen molar-refractivity contribution in [1.29, 1.82) is 0 Å².